The van der Waals surface area contributed by atoms with E-state index in [0.717, 1.165) is 5.56 Å². The number of fused-ring (bicyclic) bond motifs is 1. The number of methoxy groups -OCH3 is 2. The van der Waals surface area contributed by atoms with Gasteiger partial charge in [-0.2, -0.15) is 5.26 Å². The molecule has 0 radical (unpaired) electrons. The lowest BCUT2D eigenvalue weighted by atomic mass is 9.95. The zero-order valence-electron chi connectivity index (χ0n) is 18.6. The Morgan fingerprint density at radius 3 is 2.75 bits per heavy atom. The van der Waals surface area contributed by atoms with Crippen molar-refractivity contribution in [3.63, 3.8) is 0 Å². The van der Waals surface area contributed by atoms with Crippen molar-refractivity contribution < 1.29 is 19.4 Å². The van der Waals surface area contributed by atoms with Gasteiger partial charge in [-0.3, -0.25) is 9.88 Å². The van der Waals surface area contributed by atoms with Crippen LogP contribution in [-0.2, 0) is 15.9 Å². The van der Waals surface area contributed by atoms with E-state index in [1.54, 1.807) is 26.0 Å². The van der Waals surface area contributed by atoms with Crippen molar-refractivity contribution in [1.29, 1.82) is 5.26 Å². The lowest BCUT2D eigenvalue weighted by Gasteiger charge is -2.35. The van der Waals surface area contributed by atoms with Crippen molar-refractivity contribution in [3.05, 3.63) is 46.9 Å². The fourth-order valence-corrected chi connectivity index (χ4v) is 3.67. The van der Waals surface area contributed by atoms with Crippen LogP contribution in [0, 0.1) is 11.3 Å². The summed E-state index contributed by atoms with van der Waals surface area (Å²) in [6.45, 7) is 3.56. The number of aromatic nitrogens is 2. The van der Waals surface area contributed by atoms with E-state index in [1.165, 1.54) is 25.3 Å². The maximum atomic E-state index is 12.5. The Morgan fingerprint density at radius 1 is 1.44 bits per heavy atom. The SMILES string of the molecule is COC(OC)c1ccc2c(n1)N(C(N)=O)C(c1cc(NCC(C)(C)O)c(C#N)cn1)CC2. The molecule has 10 heteroatoms. The van der Waals surface area contributed by atoms with Crippen molar-refractivity contribution in [1.82, 2.24) is 9.97 Å². The summed E-state index contributed by atoms with van der Waals surface area (Å²) in [6, 6.07) is 6.36. The smallest absolute Gasteiger partial charge is 0.321 e. The summed E-state index contributed by atoms with van der Waals surface area (Å²) >= 11 is 0. The number of hydrogen-bond acceptors (Lipinski definition) is 8. The number of carbonyl (C=O) groups excluding carboxylic acids is 1. The third kappa shape index (κ3) is 4.96. The summed E-state index contributed by atoms with van der Waals surface area (Å²) in [5, 5.41) is 22.6. The number of carbonyl (C=O) groups is 1. The molecule has 3 rings (SSSR count). The standard InChI is InChI=1S/C22H28N6O4/c1-22(2,30)12-26-16-9-17(25-11-14(16)10-23)18-8-6-13-5-7-15(20(31-3)32-4)27-19(13)28(18)21(24)29/h5,7,9,11,18,20,30H,6,8,12H2,1-4H3,(H2,24,29)(H,25,26). The number of nitriles is 1. The summed E-state index contributed by atoms with van der Waals surface area (Å²) in [4.78, 5) is 22.9. The molecule has 32 heavy (non-hydrogen) atoms. The third-order valence-electron chi connectivity index (χ3n) is 5.21. The highest BCUT2D eigenvalue weighted by molar-refractivity contribution is 5.91. The van der Waals surface area contributed by atoms with Gasteiger partial charge in [0.1, 0.15) is 11.9 Å². The molecule has 0 saturated heterocycles. The van der Waals surface area contributed by atoms with Crippen molar-refractivity contribution in [3.8, 4) is 6.07 Å². The predicted molar refractivity (Wildman–Crippen MR) is 118 cm³/mol. The van der Waals surface area contributed by atoms with Crippen LogP contribution in [0.5, 0.6) is 0 Å². The molecule has 10 nitrogen and oxygen atoms in total. The summed E-state index contributed by atoms with van der Waals surface area (Å²) in [6.07, 6.45) is 2.02. The van der Waals surface area contributed by atoms with Gasteiger partial charge >= 0.3 is 6.03 Å². The first kappa shape index (κ1) is 23.4. The van der Waals surface area contributed by atoms with Gasteiger partial charge in [-0.05, 0) is 44.4 Å². The molecule has 170 valence electrons. The van der Waals surface area contributed by atoms with Crippen LogP contribution in [0.2, 0.25) is 0 Å². The van der Waals surface area contributed by atoms with E-state index in [2.05, 4.69) is 21.4 Å². The Labute approximate surface area is 187 Å². The monoisotopic (exact) mass is 440 g/mol. The Morgan fingerprint density at radius 2 is 2.16 bits per heavy atom. The number of nitrogens with zero attached hydrogens (tertiary/aromatic N) is 4. The molecular formula is C22H28N6O4. The van der Waals surface area contributed by atoms with Gasteiger partial charge < -0.3 is 25.6 Å². The Kier molecular flexibility index (Phi) is 6.93. The van der Waals surface area contributed by atoms with Crippen LogP contribution >= 0.6 is 0 Å². The molecule has 2 amide bonds. The molecule has 1 unspecified atom stereocenters. The number of anilines is 2. The zero-order chi connectivity index (χ0) is 23.5. The van der Waals surface area contributed by atoms with E-state index in [1.807, 2.05) is 6.07 Å². The van der Waals surface area contributed by atoms with Crippen LogP contribution < -0.4 is 16.0 Å². The van der Waals surface area contributed by atoms with Crippen LogP contribution in [0.25, 0.3) is 0 Å². The predicted octanol–water partition coefficient (Wildman–Crippen LogP) is 2.40. The number of primary amides is 1. The molecule has 2 aromatic rings. The van der Waals surface area contributed by atoms with E-state index < -0.39 is 24.0 Å². The highest BCUT2D eigenvalue weighted by Crippen LogP contribution is 2.38. The molecule has 0 bridgehead atoms. The fraction of sp³-hybridized carbons (Fsp3) is 0.455. The highest BCUT2D eigenvalue weighted by Gasteiger charge is 2.34. The molecule has 0 aromatic carbocycles. The molecule has 0 fully saturated rings. The highest BCUT2D eigenvalue weighted by atomic mass is 16.7. The number of aryl methyl sites for hydroxylation is 1. The number of aliphatic hydroxyl groups is 1. The van der Waals surface area contributed by atoms with E-state index in [-0.39, 0.29) is 6.54 Å². The molecule has 0 aliphatic carbocycles. The van der Waals surface area contributed by atoms with E-state index >= 15 is 0 Å². The van der Waals surface area contributed by atoms with Gasteiger partial charge in [-0.15, -0.1) is 0 Å². The van der Waals surface area contributed by atoms with Gasteiger partial charge in [-0.25, -0.2) is 9.78 Å². The van der Waals surface area contributed by atoms with E-state index in [9.17, 15) is 15.2 Å². The average Bonchev–Trinajstić information content (AvgIpc) is 2.76. The van der Waals surface area contributed by atoms with Gasteiger partial charge in [0.25, 0.3) is 0 Å². The molecule has 1 aliphatic heterocycles. The summed E-state index contributed by atoms with van der Waals surface area (Å²) in [7, 11) is 3.01. The van der Waals surface area contributed by atoms with Crippen molar-refractivity contribution in [2.24, 2.45) is 5.73 Å². The first-order valence-corrected chi connectivity index (χ1v) is 10.2. The van der Waals surface area contributed by atoms with Crippen molar-refractivity contribution in [2.45, 2.75) is 44.6 Å². The van der Waals surface area contributed by atoms with Crippen LogP contribution in [0.1, 0.15) is 55.1 Å². The number of hydrogen-bond donors (Lipinski definition) is 3. The number of nitrogens with one attached hydrogen (secondary N) is 1. The van der Waals surface area contributed by atoms with Gasteiger partial charge in [0.15, 0.2) is 0 Å². The average molecular weight is 441 g/mol. The molecule has 2 aromatic heterocycles. The minimum atomic E-state index is -0.973. The number of nitrogens with two attached hydrogens (primary N) is 1. The molecule has 1 atom stereocenters. The number of rotatable bonds is 7. The molecule has 1 aliphatic rings. The number of amides is 2. The first-order valence-electron chi connectivity index (χ1n) is 10.2. The second kappa shape index (κ2) is 9.48. The van der Waals surface area contributed by atoms with Gasteiger partial charge in [0, 0.05) is 27.0 Å². The Hall–Kier alpha value is -3.26. The molecular weight excluding hydrogens is 412 g/mol. The topological polar surface area (TPSA) is 147 Å². The fourth-order valence-electron chi connectivity index (χ4n) is 3.67. The lowest BCUT2D eigenvalue weighted by Crippen LogP contribution is -2.43. The minimum absolute atomic E-state index is 0.235. The summed E-state index contributed by atoms with van der Waals surface area (Å²) in [5.74, 6) is 0.433. The minimum Gasteiger partial charge on any atom is -0.389 e. The van der Waals surface area contributed by atoms with Crippen LogP contribution in [0.3, 0.4) is 0 Å². The number of urea groups is 1. The normalized spacial score (nSPS) is 15.9. The first-order chi connectivity index (χ1) is 15.2. The van der Waals surface area contributed by atoms with Crippen LogP contribution in [-0.4, -0.2) is 47.5 Å². The van der Waals surface area contributed by atoms with Crippen molar-refractivity contribution in [2.75, 3.05) is 31.0 Å². The Balaban J connectivity index is 2.01. The second-order valence-corrected chi connectivity index (χ2v) is 8.22. The van der Waals surface area contributed by atoms with Gasteiger partial charge in [0.05, 0.1) is 34.3 Å². The number of pyridine rings is 2. The van der Waals surface area contributed by atoms with Crippen LogP contribution in [0.4, 0.5) is 16.3 Å². The van der Waals surface area contributed by atoms with Gasteiger partial charge in [-0.1, -0.05) is 6.07 Å². The maximum Gasteiger partial charge on any atom is 0.321 e. The quantitative estimate of drug-likeness (QED) is 0.556. The third-order valence-corrected chi connectivity index (χ3v) is 5.21. The summed E-state index contributed by atoms with van der Waals surface area (Å²) in [5.41, 5.74) is 7.61. The van der Waals surface area contributed by atoms with E-state index in [4.69, 9.17) is 15.2 Å². The van der Waals surface area contributed by atoms with Crippen molar-refractivity contribution >= 4 is 17.5 Å². The molecule has 3 heterocycles. The zero-order valence-corrected chi connectivity index (χ0v) is 18.6. The second-order valence-electron chi connectivity index (χ2n) is 8.22. The Bertz CT molecular complexity index is 1030. The van der Waals surface area contributed by atoms with Gasteiger partial charge in [0.2, 0.25) is 6.29 Å². The molecule has 0 spiro atoms. The lowest BCUT2D eigenvalue weighted by molar-refractivity contribution is -0.108. The maximum absolute atomic E-state index is 12.5. The molecule has 0 saturated carbocycles. The number of ether oxygens (including phenoxy) is 2. The largest absolute Gasteiger partial charge is 0.389 e. The van der Waals surface area contributed by atoms with Crippen LogP contribution in [0.15, 0.2) is 24.4 Å². The molecule has 4 N–H and O–H groups in total. The van der Waals surface area contributed by atoms with E-state index in [0.29, 0.717) is 41.3 Å². The summed E-state index contributed by atoms with van der Waals surface area (Å²) < 4.78 is 10.6.